The van der Waals surface area contributed by atoms with E-state index in [4.69, 9.17) is 0 Å². The van der Waals surface area contributed by atoms with Gasteiger partial charge in [0.15, 0.2) is 15.6 Å². The van der Waals surface area contributed by atoms with Crippen molar-refractivity contribution in [2.45, 2.75) is 49.7 Å². The standard InChI is InChI=1S/C29H36N4O6S/c1-18(2)14-23(30-27(35)19-8-6-10-21(15-19)31(3)4)29(37)32-13-12-24-26(32)25(34)17-33(24)28(36)20-9-7-11-22(16-20)40(5,38)39/h6-11,15-16,18,23-24,26H,12-14,17H2,1-5H3,(H,30,35)/t23-,24?,26?/m0/s1. The van der Waals surface area contributed by atoms with Gasteiger partial charge in [0.1, 0.15) is 12.1 Å². The van der Waals surface area contributed by atoms with Crippen LogP contribution in [0.4, 0.5) is 5.69 Å². The van der Waals surface area contributed by atoms with Gasteiger partial charge in [-0.05, 0) is 55.2 Å². The summed E-state index contributed by atoms with van der Waals surface area (Å²) in [5.41, 5.74) is 1.45. The molecule has 2 unspecified atom stereocenters. The molecule has 3 atom stereocenters. The number of fused-ring (bicyclic) bond motifs is 1. The topological polar surface area (TPSA) is 124 Å². The molecule has 0 saturated carbocycles. The molecule has 2 aromatic carbocycles. The number of hydrogen-bond donors (Lipinski definition) is 1. The molecule has 2 aliphatic heterocycles. The van der Waals surface area contributed by atoms with Crippen molar-refractivity contribution in [3.8, 4) is 0 Å². The van der Waals surface area contributed by atoms with Crippen LogP contribution in [0.2, 0.25) is 0 Å². The van der Waals surface area contributed by atoms with Crippen LogP contribution >= 0.6 is 0 Å². The molecule has 2 aromatic rings. The lowest BCUT2D eigenvalue weighted by Crippen LogP contribution is -2.53. The largest absolute Gasteiger partial charge is 0.378 e. The third-order valence-electron chi connectivity index (χ3n) is 7.41. The van der Waals surface area contributed by atoms with E-state index >= 15 is 0 Å². The first-order chi connectivity index (χ1) is 18.8. The van der Waals surface area contributed by atoms with Crippen molar-refractivity contribution in [3.63, 3.8) is 0 Å². The van der Waals surface area contributed by atoms with E-state index in [2.05, 4.69) is 5.32 Å². The van der Waals surface area contributed by atoms with Crippen molar-refractivity contribution in [2.24, 2.45) is 5.92 Å². The van der Waals surface area contributed by atoms with Crippen LogP contribution in [0.5, 0.6) is 0 Å². The van der Waals surface area contributed by atoms with Gasteiger partial charge in [0.05, 0.1) is 17.5 Å². The van der Waals surface area contributed by atoms with Gasteiger partial charge in [-0.25, -0.2) is 8.42 Å². The fourth-order valence-corrected chi connectivity index (χ4v) is 6.09. The number of carbonyl (C=O) groups is 4. The maximum Gasteiger partial charge on any atom is 0.254 e. The molecule has 10 nitrogen and oxygen atoms in total. The molecule has 4 rings (SSSR count). The van der Waals surface area contributed by atoms with E-state index in [0.29, 0.717) is 18.4 Å². The Kier molecular flexibility index (Phi) is 8.34. The lowest BCUT2D eigenvalue weighted by molar-refractivity contribution is -0.138. The van der Waals surface area contributed by atoms with E-state index in [1.165, 1.54) is 34.1 Å². The van der Waals surface area contributed by atoms with E-state index in [9.17, 15) is 27.6 Å². The number of anilines is 1. The molecule has 3 amide bonds. The molecule has 2 aliphatic rings. The third-order valence-corrected chi connectivity index (χ3v) is 8.52. The second-order valence-corrected chi connectivity index (χ2v) is 13.1. The molecule has 40 heavy (non-hydrogen) atoms. The minimum atomic E-state index is -3.51. The molecule has 0 aliphatic carbocycles. The lowest BCUT2D eigenvalue weighted by atomic mass is 10.0. The molecule has 214 valence electrons. The van der Waals surface area contributed by atoms with Gasteiger partial charge in [-0.2, -0.15) is 0 Å². The highest BCUT2D eigenvalue weighted by molar-refractivity contribution is 7.90. The number of likely N-dealkylation sites (tertiary alicyclic amines) is 2. The molecular weight excluding hydrogens is 532 g/mol. The van der Waals surface area contributed by atoms with Crippen LogP contribution in [0.25, 0.3) is 0 Å². The quantitative estimate of drug-likeness (QED) is 0.517. The summed E-state index contributed by atoms with van der Waals surface area (Å²) in [5, 5.41) is 2.88. The number of carbonyl (C=O) groups excluding carboxylic acids is 4. The molecule has 2 saturated heterocycles. The van der Waals surface area contributed by atoms with Crippen LogP contribution in [0.15, 0.2) is 53.4 Å². The average Bonchev–Trinajstić information content (AvgIpc) is 3.48. The highest BCUT2D eigenvalue weighted by Gasteiger charge is 2.52. The minimum Gasteiger partial charge on any atom is -0.378 e. The summed E-state index contributed by atoms with van der Waals surface area (Å²) in [6.07, 6.45) is 1.87. The van der Waals surface area contributed by atoms with Gasteiger partial charge < -0.3 is 20.0 Å². The molecule has 11 heteroatoms. The van der Waals surface area contributed by atoms with Crippen molar-refractivity contribution >= 4 is 39.0 Å². The zero-order valence-electron chi connectivity index (χ0n) is 23.5. The second kappa shape index (κ2) is 11.4. The molecule has 2 fully saturated rings. The van der Waals surface area contributed by atoms with E-state index in [-0.39, 0.29) is 47.1 Å². The zero-order valence-corrected chi connectivity index (χ0v) is 24.3. The number of rotatable bonds is 8. The summed E-state index contributed by atoms with van der Waals surface area (Å²) in [4.78, 5) is 58.3. The monoisotopic (exact) mass is 568 g/mol. The van der Waals surface area contributed by atoms with Crippen LogP contribution < -0.4 is 10.2 Å². The highest BCUT2D eigenvalue weighted by atomic mass is 32.2. The first kappa shape index (κ1) is 29.3. The number of amides is 3. The van der Waals surface area contributed by atoms with Crippen LogP contribution in [-0.4, -0.2) is 93.3 Å². The smallest absolute Gasteiger partial charge is 0.254 e. The van der Waals surface area contributed by atoms with E-state index < -0.39 is 33.9 Å². The average molecular weight is 569 g/mol. The Balaban J connectivity index is 1.53. The SMILES string of the molecule is CC(C)C[C@H](NC(=O)c1cccc(N(C)C)c1)C(=O)N1CCC2C1C(=O)CN2C(=O)c1cccc(S(C)(=O)=O)c1. The van der Waals surface area contributed by atoms with Gasteiger partial charge in [-0.3, -0.25) is 19.2 Å². The van der Waals surface area contributed by atoms with Crippen LogP contribution in [0.1, 0.15) is 47.4 Å². The maximum atomic E-state index is 13.8. The summed E-state index contributed by atoms with van der Waals surface area (Å²) < 4.78 is 24.0. The third kappa shape index (κ3) is 6.04. The van der Waals surface area contributed by atoms with Crippen molar-refractivity contribution in [2.75, 3.05) is 38.3 Å². The number of ketones is 1. The molecule has 1 N–H and O–H groups in total. The van der Waals surface area contributed by atoms with Gasteiger partial charge in [0.25, 0.3) is 11.8 Å². The van der Waals surface area contributed by atoms with Crippen LogP contribution in [-0.2, 0) is 19.4 Å². The van der Waals surface area contributed by atoms with E-state index in [1.54, 1.807) is 18.2 Å². The van der Waals surface area contributed by atoms with Gasteiger partial charge in [0.2, 0.25) is 5.91 Å². The normalized spacial score (nSPS) is 19.5. The Labute approximate surface area is 235 Å². The summed E-state index contributed by atoms with van der Waals surface area (Å²) in [5.74, 6) is -1.33. The second-order valence-electron chi connectivity index (χ2n) is 11.1. The molecular formula is C29H36N4O6S. The van der Waals surface area contributed by atoms with E-state index in [0.717, 1.165) is 11.9 Å². The Morgan fingerprint density at radius 1 is 1.02 bits per heavy atom. The van der Waals surface area contributed by atoms with Crippen molar-refractivity contribution in [1.29, 1.82) is 0 Å². The predicted molar refractivity (Wildman–Crippen MR) is 151 cm³/mol. The van der Waals surface area contributed by atoms with Gasteiger partial charge in [0, 0.05) is 43.7 Å². The highest BCUT2D eigenvalue weighted by Crippen LogP contribution is 2.32. The lowest BCUT2D eigenvalue weighted by Gasteiger charge is -2.29. The summed E-state index contributed by atoms with van der Waals surface area (Å²) in [7, 11) is 0.237. The molecule has 0 aromatic heterocycles. The number of benzene rings is 2. The van der Waals surface area contributed by atoms with Gasteiger partial charge in [-0.1, -0.05) is 26.0 Å². The Morgan fingerprint density at radius 3 is 2.35 bits per heavy atom. The van der Waals surface area contributed by atoms with Gasteiger partial charge >= 0.3 is 0 Å². The summed E-state index contributed by atoms with van der Waals surface area (Å²) >= 11 is 0. The number of nitrogens with zero attached hydrogens (tertiary/aromatic N) is 3. The number of nitrogens with one attached hydrogen (secondary N) is 1. The number of sulfone groups is 1. The number of Topliss-reactive ketones (excluding diaryl/α,β-unsaturated/α-hetero) is 1. The fraction of sp³-hybridized carbons (Fsp3) is 0.448. The van der Waals surface area contributed by atoms with E-state index in [1.807, 2.05) is 38.9 Å². The molecule has 0 spiro atoms. The first-order valence-electron chi connectivity index (χ1n) is 13.3. The first-order valence-corrected chi connectivity index (χ1v) is 15.2. The Hall–Kier alpha value is -3.73. The zero-order chi connectivity index (χ0) is 29.4. The number of hydrogen-bond acceptors (Lipinski definition) is 7. The molecule has 0 bridgehead atoms. The Morgan fingerprint density at radius 2 is 1.70 bits per heavy atom. The molecule has 2 heterocycles. The van der Waals surface area contributed by atoms with Crippen molar-refractivity contribution < 1.29 is 27.6 Å². The predicted octanol–water partition coefficient (Wildman–Crippen LogP) is 2.00. The van der Waals surface area contributed by atoms with Gasteiger partial charge in [-0.15, -0.1) is 0 Å². The van der Waals surface area contributed by atoms with Crippen molar-refractivity contribution in [1.82, 2.24) is 15.1 Å². The van der Waals surface area contributed by atoms with Crippen LogP contribution in [0, 0.1) is 5.92 Å². The Bertz CT molecular complexity index is 1440. The maximum absolute atomic E-state index is 13.8. The van der Waals surface area contributed by atoms with Crippen LogP contribution in [0.3, 0.4) is 0 Å². The summed E-state index contributed by atoms with van der Waals surface area (Å²) in [6.45, 7) is 4.02. The summed E-state index contributed by atoms with van der Waals surface area (Å²) in [6, 6.07) is 10.7. The fourth-order valence-electron chi connectivity index (χ4n) is 5.42. The molecule has 0 radical (unpaired) electrons. The minimum absolute atomic E-state index is 0.0204. The van der Waals surface area contributed by atoms with Crippen molar-refractivity contribution in [3.05, 3.63) is 59.7 Å².